The Hall–Kier alpha value is -10.9. The second-order valence-corrected chi connectivity index (χ2v) is 19.3. The largest absolute Gasteiger partial charge is 0.410 e. The molecule has 424 valence electrons. The van der Waals surface area contributed by atoms with Crippen LogP contribution in [0.15, 0.2) is 239 Å². The molecule has 2 fully saturated rings. The molecule has 2 aliphatic rings. The summed E-state index contributed by atoms with van der Waals surface area (Å²) >= 11 is 11.7. The number of benzene rings is 7. The molecule has 2 saturated heterocycles. The number of guanidine groups is 1. The van der Waals surface area contributed by atoms with E-state index in [0.29, 0.717) is 44.7 Å². The van der Waals surface area contributed by atoms with Crippen molar-refractivity contribution in [3.05, 3.63) is 235 Å². The Morgan fingerprint density at radius 3 is 1.32 bits per heavy atom. The van der Waals surface area contributed by atoms with Crippen LogP contribution in [0.25, 0.3) is 22.5 Å². The van der Waals surface area contributed by atoms with Crippen molar-refractivity contribution in [2.24, 2.45) is 15.0 Å². The number of nitrogens with two attached hydrogens (primary N) is 1. The molecule has 4 heterocycles. The summed E-state index contributed by atoms with van der Waals surface area (Å²) < 4.78 is 21.4. The van der Waals surface area contributed by atoms with Gasteiger partial charge < -0.3 is 39.8 Å². The zero-order chi connectivity index (χ0) is 59.3. The van der Waals surface area contributed by atoms with Gasteiger partial charge >= 0.3 is 12.2 Å². The number of nitrogens with zero attached hydrogens (tertiary/aromatic N) is 10. The summed E-state index contributed by atoms with van der Waals surface area (Å²) in [6.07, 6.45) is 9.92. The monoisotopic (exact) mass is 1170 g/mol. The standard InChI is InChI=1S/C23H21ClN6.C15H17N3.C14H9ClN2O2.C14H10N2O2/c24-18-9-11-19(12-10-18)27-23(26-16-25)28-20-6-3-5-17(15-20)21-7-4-8-22(29-21)30-13-1-2-14-30;16-13-6-3-5-12(11-13)14-7-4-8-15(17-14)18-9-1-2-10-18;15-11-6-8-13(9-7-11)19-14(17-10-16)18-12-4-2-1-3-5-12;15-11-16-14(17-12-7-3-1-4-8-12)18-13-9-5-2-6-10-13/h3-12,15H,1-2,13-14H2,(H2,26,27,28);3-8,11H,1-2,9-10,16H2;1-9H;1-10H. The van der Waals surface area contributed by atoms with Gasteiger partial charge in [-0.3, -0.25) is 5.32 Å². The number of pyridine rings is 2. The predicted octanol–water partition coefficient (Wildman–Crippen LogP) is 14.7. The third-order valence-corrected chi connectivity index (χ3v) is 12.8. The highest BCUT2D eigenvalue weighted by Gasteiger charge is 2.16. The molecule has 9 aromatic rings. The average Bonchev–Trinajstić information content (AvgIpc) is 4.39. The Labute approximate surface area is 503 Å². The van der Waals surface area contributed by atoms with E-state index >= 15 is 0 Å². The van der Waals surface area contributed by atoms with E-state index in [2.05, 4.69) is 53.6 Å². The van der Waals surface area contributed by atoms with Gasteiger partial charge in [0.25, 0.3) is 0 Å². The van der Waals surface area contributed by atoms with Gasteiger partial charge in [0.2, 0.25) is 18.3 Å². The first-order valence-electron chi connectivity index (χ1n) is 26.9. The van der Waals surface area contributed by atoms with Crippen LogP contribution in [-0.2, 0) is 0 Å². The van der Waals surface area contributed by atoms with Crippen LogP contribution in [0.1, 0.15) is 25.7 Å². The number of hydrogen-bond acceptors (Lipinski definition) is 15. The van der Waals surface area contributed by atoms with Crippen molar-refractivity contribution in [3.8, 4) is 64.1 Å². The maximum Gasteiger partial charge on any atom is 0.410 e. The van der Waals surface area contributed by atoms with Crippen molar-refractivity contribution in [2.75, 3.05) is 47.0 Å². The predicted molar refractivity (Wildman–Crippen MR) is 337 cm³/mol. The number of ether oxygens (including phenoxy) is 4. The van der Waals surface area contributed by atoms with Crippen LogP contribution < -0.4 is 45.1 Å². The third kappa shape index (κ3) is 19.9. The van der Waals surface area contributed by atoms with Crippen molar-refractivity contribution in [1.82, 2.24) is 15.3 Å². The number of nitrogens with one attached hydrogen (secondary N) is 2. The molecule has 0 atom stereocenters. The fourth-order valence-corrected chi connectivity index (χ4v) is 8.63. The zero-order valence-corrected chi connectivity index (χ0v) is 47.5. The number of rotatable bonds is 10. The van der Waals surface area contributed by atoms with Crippen molar-refractivity contribution in [1.29, 1.82) is 15.8 Å². The highest BCUT2D eigenvalue weighted by atomic mass is 35.5. The van der Waals surface area contributed by atoms with E-state index in [-0.39, 0.29) is 12.2 Å². The van der Waals surface area contributed by atoms with E-state index < -0.39 is 0 Å². The maximum atomic E-state index is 9.09. The summed E-state index contributed by atoms with van der Waals surface area (Å²) in [6.45, 7) is 4.35. The number of aromatic nitrogens is 2. The number of anilines is 4. The van der Waals surface area contributed by atoms with E-state index in [0.717, 1.165) is 71.7 Å². The highest BCUT2D eigenvalue weighted by molar-refractivity contribution is 6.30. The molecule has 17 nitrogen and oxygen atoms in total. The minimum Gasteiger partial charge on any atom is -0.410 e. The van der Waals surface area contributed by atoms with E-state index in [1.165, 1.54) is 25.7 Å². The molecule has 0 bridgehead atoms. The first-order chi connectivity index (χ1) is 41.7. The van der Waals surface area contributed by atoms with Crippen LogP contribution in [-0.4, -0.2) is 54.3 Å². The number of para-hydroxylation sites is 3. The van der Waals surface area contributed by atoms with E-state index in [1.54, 1.807) is 97.3 Å². The van der Waals surface area contributed by atoms with E-state index in [4.69, 9.17) is 73.6 Å². The van der Waals surface area contributed by atoms with Gasteiger partial charge in [-0.15, -0.1) is 0 Å². The van der Waals surface area contributed by atoms with Gasteiger partial charge in [0.15, 0.2) is 6.19 Å². The summed E-state index contributed by atoms with van der Waals surface area (Å²) in [4.78, 5) is 25.7. The molecule has 2 aromatic heterocycles. The van der Waals surface area contributed by atoms with Gasteiger partial charge in [-0.25, -0.2) is 15.0 Å². The summed E-state index contributed by atoms with van der Waals surface area (Å²) in [7, 11) is 0. The Bertz CT molecular complexity index is 3730. The summed E-state index contributed by atoms with van der Waals surface area (Å²) in [5.74, 6) is 4.55. The minimum absolute atomic E-state index is 0.102. The molecule has 11 rings (SSSR count). The molecule has 0 unspecified atom stereocenters. The van der Waals surface area contributed by atoms with E-state index in [1.807, 2.05) is 128 Å². The highest BCUT2D eigenvalue weighted by Crippen LogP contribution is 2.27. The molecular weight excluding hydrogens is 1110 g/mol. The number of halogens is 2. The van der Waals surface area contributed by atoms with Gasteiger partial charge in [0, 0.05) is 58.7 Å². The molecule has 0 radical (unpaired) electrons. The molecule has 0 amide bonds. The molecule has 2 aliphatic heterocycles. The van der Waals surface area contributed by atoms with Gasteiger partial charge in [-0.2, -0.15) is 15.8 Å². The second-order valence-electron chi connectivity index (χ2n) is 18.4. The fourth-order valence-electron chi connectivity index (χ4n) is 8.37. The number of aliphatic imine (C=N–C) groups is 3. The lowest BCUT2D eigenvalue weighted by atomic mass is 10.1. The Morgan fingerprint density at radius 2 is 0.882 bits per heavy atom. The molecule has 85 heavy (non-hydrogen) atoms. The van der Waals surface area contributed by atoms with Crippen LogP contribution in [0.4, 0.5) is 28.7 Å². The van der Waals surface area contributed by atoms with Crippen LogP contribution in [0.2, 0.25) is 10.0 Å². The molecular formula is C66H57Cl2N13O4. The smallest absolute Gasteiger partial charge is 0.410 e. The first kappa shape index (κ1) is 60.2. The molecule has 4 N–H and O–H groups in total. The van der Waals surface area contributed by atoms with Crippen LogP contribution in [0.5, 0.6) is 23.0 Å². The lowest BCUT2D eigenvalue weighted by Crippen LogP contribution is -2.26. The van der Waals surface area contributed by atoms with Crippen LogP contribution >= 0.6 is 23.2 Å². The Kier molecular flexibility index (Phi) is 23.0. The lowest BCUT2D eigenvalue weighted by Gasteiger charge is -2.17. The quantitative estimate of drug-likeness (QED) is 0.0381. The van der Waals surface area contributed by atoms with Crippen molar-refractivity contribution < 1.29 is 18.9 Å². The summed E-state index contributed by atoms with van der Waals surface area (Å²) in [5.41, 5.74) is 12.1. The Balaban J connectivity index is 0.000000152. The normalized spacial score (nSPS) is 12.3. The van der Waals surface area contributed by atoms with Gasteiger partial charge in [-0.05, 0) is 159 Å². The maximum absolute atomic E-state index is 9.09. The number of nitriles is 3. The molecule has 0 spiro atoms. The van der Waals surface area contributed by atoms with Crippen molar-refractivity contribution in [3.63, 3.8) is 0 Å². The average molecular weight is 1170 g/mol. The third-order valence-electron chi connectivity index (χ3n) is 12.3. The summed E-state index contributed by atoms with van der Waals surface area (Å²) in [6, 6.07) is 68.8. The van der Waals surface area contributed by atoms with Gasteiger partial charge in [-0.1, -0.05) is 124 Å². The van der Waals surface area contributed by atoms with Gasteiger partial charge in [0.1, 0.15) is 34.6 Å². The SMILES string of the molecule is N#CN=C(Oc1ccccc1)Oc1ccc(Cl)cc1.N#CN=C(Oc1ccccc1)Oc1ccccc1.N#CNC(=Nc1ccc(Cl)cc1)Nc1cccc(-c2cccc(N3CCCC3)n2)c1.Nc1cccc(-c2cccc(N3CCCC3)n2)c1. The van der Waals surface area contributed by atoms with Crippen LogP contribution in [0.3, 0.4) is 0 Å². The first-order valence-corrected chi connectivity index (χ1v) is 27.7. The zero-order valence-electron chi connectivity index (χ0n) is 46.0. The molecule has 19 heteroatoms. The number of nitrogen functional groups attached to an aromatic ring is 1. The minimum atomic E-state index is -0.143. The van der Waals surface area contributed by atoms with Crippen molar-refractivity contribution in [2.45, 2.75) is 25.7 Å². The second kappa shape index (κ2) is 32.5. The fraction of sp³-hybridized carbons (Fsp3) is 0.121. The summed E-state index contributed by atoms with van der Waals surface area (Å²) in [5, 5.41) is 33.3. The Morgan fingerprint density at radius 1 is 0.471 bits per heavy atom. The van der Waals surface area contributed by atoms with Gasteiger partial charge in [0.05, 0.1) is 17.1 Å². The topological polar surface area (TPSA) is 228 Å². The van der Waals surface area contributed by atoms with E-state index in [9.17, 15) is 0 Å². The van der Waals surface area contributed by atoms with Crippen molar-refractivity contribution >= 4 is 70.0 Å². The van der Waals surface area contributed by atoms with Crippen LogP contribution in [0, 0.1) is 34.4 Å². The lowest BCUT2D eigenvalue weighted by molar-refractivity contribution is 0.385. The molecule has 7 aromatic carbocycles. The molecule has 0 aliphatic carbocycles. The number of hydrogen-bond donors (Lipinski definition) is 3. The molecule has 0 saturated carbocycles.